The number of halogens is 1. The molecule has 0 fully saturated rings. The second kappa shape index (κ2) is 7.78. The SMILES string of the molecule is Cc1ccc(S[C@@H](C)C(=O)NNC(=O)c2ccccc2F)cc1. The van der Waals surface area contributed by atoms with E-state index in [1.54, 1.807) is 13.0 Å². The number of amides is 2. The maximum atomic E-state index is 13.5. The number of hydrogen-bond acceptors (Lipinski definition) is 3. The molecule has 0 heterocycles. The Balaban J connectivity index is 1.87. The molecule has 23 heavy (non-hydrogen) atoms. The summed E-state index contributed by atoms with van der Waals surface area (Å²) < 4.78 is 13.5. The van der Waals surface area contributed by atoms with E-state index in [1.165, 1.54) is 30.0 Å². The molecule has 0 aliphatic heterocycles. The number of carbonyl (C=O) groups is 2. The molecule has 0 aliphatic rings. The van der Waals surface area contributed by atoms with Crippen molar-refractivity contribution in [3.8, 4) is 0 Å². The standard InChI is InChI=1S/C17H17FN2O2S/c1-11-7-9-13(10-8-11)23-12(2)16(21)19-20-17(22)14-5-3-4-6-15(14)18/h3-10,12H,1-2H3,(H,19,21)(H,20,22)/t12-/m0/s1. The average Bonchev–Trinajstić information content (AvgIpc) is 2.54. The van der Waals surface area contributed by atoms with E-state index in [-0.39, 0.29) is 11.5 Å². The Kier molecular flexibility index (Phi) is 5.76. The highest BCUT2D eigenvalue weighted by Crippen LogP contribution is 2.23. The minimum absolute atomic E-state index is 0.119. The zero-order valence-corrected chi connectivity index (χ0v) is 13.6. The van der Waals surface area contributed by atoms with Crippen LogP contribution in [0.15, 0.2) is 53.4 Å². The number of hydrazine groups is 1. The van der Waals surface area contributed by atoms with Crippen LogP contribution in [-0.4, -0.2) is 17.1 Å². The van der Waals surface area contributed by atoms with E-state index in [2.05, 4.69) is 10.9 Å². The Labute approximate surface area is 138 Å². The van der Waals surface area contributed by atoms with E-state index >= 15 is 0 Å². The molecule has 2 N–H and O–H groups in total. The van der Waals surface area contributed by atoms with Crippen molar-refractivity contribution in [2.45, 2.75) is 24.0 Å². The van der Waals surface area contributed by atoms with E-state index in [1.807, 2.05) is 31.2 Å². The second-order valence-corrected chi connectivity index (χ2v) is 6.41. The molecule has 0 bridgehead atoms. The van der Waals surface area contributed by atoms with Gasteiger partial charge in [-0.3, -0.25) is 20.4 Å². The van der Waals surface area contributed by atoms with Crippen LogP contribution in [0.5, 0.6) is 0 Å². The lowest BCUT2D eigenvalue weighted by Gasteiger charge is -2.13. The fourth-order valence-corrected chi connectivity index (χ4v) is 2.67. The van der Waals surface area contributed by atoms with Gasteiger partial charge in [-0.05, 0) is 38.1 Å². The molecule has 0 saturated carbocycles. The van der Waals surface area contributed by atoms with Crippen molar-refractivity contribution in [3.05, 3.63) is 65.5 Å². The first-order chi connectivity index (χ1) is 11.0. The zero-order chi connectivity index (χ0) is 16.8. The summed E-state index contributed by atoms with van der Waals surface area (Å²) in [7, 11) is 0. The van der Waals surface area contributed by atoms with Gasteiger partial charge >= 0.3 is 0 Å². The lowest BCUT2D eigenvalue weighted by atomic mass is 10.2. The monoisotopic (exact) mass is 332 g/mol. The van der Waals surface area contributed by atoms with Crippen LogP contribution in [0, 0.1) is 12.7 Å². The van der Waals surface area contributed by atoms with Crippen molar-refractivity contribution in [2.24, 2.45) is 0 Å². The predicted molar refractivity (Wildman–Crippen MR) is 88.5 cm³/mol. The van der Waals surface area contributed by atoms with Gasteiger partial charge in [-0.2, -0.15) is 0 Å². The number of thioether (sulfide) groups is 1. The maximum absolute atomic E-state index is 13.5. The fourth-order valence-electron chi connectivity index (χ4n) is 1.81. The number of benzene rings is 2. The first-order valence-electron chi connectivity index (χ1n) is 7.05. The van der Waals surface area contributed by atoms with E-state index < -0.39 is 17.0 Å². The van der Waals surface area contributed by atoms with E-state index in [9.17, 15) is 14.0 Å². The largest absolute Gasteiger partial charge is 0.272 e. The summed E-state index contributed by atoms with van der Waals surface area (Å²) in [5.41, 5.74) is 5.56. The highest BCUT2D eigenvalue weighted by molar-refractivity contribution is 8.00. The Morgan fingerprint density at radius 3 is 2.35 bits per heavy atom. The lowest BCUT2D eigenvalue weighted by molar-refractivity contribution is -0.121. The normalized spacial score (nSPS) is 11.6. The number of rotatable bonds is 4. The third kappa shape index (κ3) is 4.82. The Hall–Kier alpha value is -2.34. The summed E-state index contributed by atoms with van der Waals surface area (Å²) in [4.78, 5) is 24.8. The molecular formula is C17H17FN2O2S. The van der Waals surface area contributed by atoms with Gasteiger partial charge in [0.25, 0.3) is 11.8 Å². The van der Waals surface area contributed by atoms with Gasteiger partial charge < -0.3 is 0 Å². The van der Waals surface area contributed by atoms with Crippen molar-refractivity contribution in [2.75, 3.05) is 0 Å². The van der Waals surface area contributed by atoms with Crippen molar-refractivity contribution in [3.63, 3.8) is 0 Å². The molecule has 0 saturated heterocycles. The molecule has 0 aromatic heterocycles. The smallest absolute Gasteiger partial charge is 0.272 e. The number of hydrogen-bond donors (Lipinski definition) is 2. The molecule has 0 spiro atoms. The lowest BCUT2D eigenvalue weighted by Crippen LogP contribution is -2.45. The van der Waals surface area contributed by atoms with Gasteiger partial charge in [0, 0.05) is 4.90 Å². The van der Waals surface area contributed by atoms with Crippen molar-refractivity contribution < 1.29 is 14.0 Å². The molecule has 2 aromatic carbocycles. The predicted octanol–water partition coefficient (Wildman–Crippen LogP) is 3.08. The topological polar surface area (TPSA) is 58.2 Å². The summed E-state index contributed by atoms with van der Waals surface area (Å²) in [6, 6.07) is 13.4. The third-order valence-corrected chi connectivity index (χ3v) is 4.23. The first-order valence-corrected chi connectivity index (χ1v) is 7.93. The molecule has 0 unspecified atom stereocenters. The van der Waals surface area contributed by atoms with Crippen LogP contribution in [0.2, 0.25) is 0 Å². The number of nitrogens with one attached hydrogen (secondary N) is 2. The van der Waals surface area contributed by atoms with Crippen molar-refractivity contribution in [1.82, 2.24) is 10.9 Å². The summed E-state index contributed by atoms with van der Waals surface area (Å²) in [5, 5.41) is -0.404. The zero-order valence-electron chi connectivity index (χ0n) is 12.8. The van der Waals surface area contributed by atoms with E-state index in [4.69, 9.17) is 0 Å². The summed E-state index contributed by atoms with van der Waals surface area (Å²) in [6.45, 7) is 3.72. The molecular weight excluding hydrogens is 315 g/mol. The van der Waals surface area contributed by atoms with Gasteiger partial charge in [0.1, 0.15) is 5.82 Å². The quantitative estimate of drug-likeness (QED) is 0.668. The second-order valence-electron chi connectivity index (χ2n) is 5.00. The van der Waals surface area contributed by atoms with Crippen LogP contribution in [0.1, 0.15) is 22.8 Å². The van der Waals surface area contributed by atoms with Crippen LogP contribution in [-0.2, 0) is 4.79 Å². The van der Waals surface area contributed by atoms with Gasteiger partial charge in [-0.25, -0.2) is 4.39 Å². The Bertz CT molecular complexity index is 704. The van der Waals surface area contributed by atoms with Gasteiger partial charge in [0.15, 0.2) is 0 Å². The molecule has 120 valence electrons. The van der Waals surface area contributed by atoms with Crippen LogP contribution < -0.4 is 10.9 Å². The van der Waals surface area contributed by atoms with E-state index in [0.717, 1.165) is 10.5 Å². The van der Waals surface area contributed by atoms with Gasteiger partial charge in [-0.15, -0.1) is 11.8 Å². The summed E-state index contributed by atoms with van der Waals surface area (Å²) in [5.74, 6) is -1.69. The first kappa shape index (κ1) is 17.0. The summed E-state index contributed by atoms with van der Waals surface area (Å²) >= 11 is 1.37. The average molecular weight is 332 g/mol. The highest BCUT2D eigenvalue weighted by atomic mass is 32.2. The van der Waals surface area contributed by atoms with Crippen LogP contribution in [0.3, 0.4) is 0 Å². The molecule has 0 aliphatic carbocycles. The Morgan fingerprint density at radius 1 is 1.04 bits per heavy atom. The molecule has 1 atom stereocenters. The highest BCUT2D eigenvalue weighted by Gasteiger charge is 2.16. The van der Waals surface area contributed by atoms with Crippen LogP contribution in [0.25, 0.3) is 0 Å². The van der Waals surface area contributed by atoms with Gasteiger partial charge in [0.2, 0.25) is 0 Å². The summed E-state index contributed by atoms with van der Waals surface area (Å²) in [6.07, 6.45) is 0. The minimum Gasteiger partial charge on any atom is -0.272 e. The van der Waals surface area contributed by atoms with Gasteiger partial charge in [-0.1, -0.05) is 29.8 Å². The molecule has 2 amide bonds. The minimum atomic E-state index is -0.691. The molecule has 2 aromatic rings. The number of carbonyl (C=O) groups excluding carboxylic acids is 2. The van der Waals surface area contributed by atoms with E-state index in [0.29, 0.717) is 0 Å². The van der Waals surface area contributed by atoms with Crippen LogP contribution in [0.4, 0.5) is 4.39 Å². The Morgan fingerprint density at radius 2 is 1.70 bits per heavy atom. The van der Waals surface area contributed by atoms with Crippen LogP contribution >= 0.6 is 11.8 Å². The van der Waals surface area contributed by atoms with Gasteiger partial charge in [0.05, 0.1) is 10.8 Å². The van der Waals surface area contributed by atoms with Crippen molar-refractivity contribution >= 4 is 23.6 Å². The molecule has 4 nitrogen and oxygen atoms in total. The molecule has 6 heteroatoms. The number of aryl methyl sites for hydroxylation is 1. The fraction of sp³-hybridized carbons (Fsp3) is 0.176. The molecule has 0 radical (unpaired) electrons. The molecule has 2 rings (SSSR count). The van der Waals surface area contributed by atoms with Crippen molar-refractivity contribution in [1.29, 1.82) is 0 Å². The maximum Gasteiger partial charge on any atom is 0.272 e. The third-order valence-electron chi connectivity index (χ3n) is 3.12.